The summed E-state index contributed by atoms with van der Waals surface area (Å²) in [7, 11) is -5.89. The molecule has 0 rings (SSSR count). The van der Waals surface area contributed by atoms with Gasteiger partial charge in [0, 0.05) is 14.5 Å². The number of hydrogen-bond donors (Lipinski definition) is 0. The average Bonchev–Trinajstić information content (AvgIpc) is 3.07. The van der Waals surface area contributed by atoms with Crippen LogP contribution in [0.5, 0.6) is 0 Å². The molecular weight excluding hydrogens is 637 g/mol. The van der Waals surface area contributed by atoms with Gasteiger partial charge in [0.25, 0.3) is 0 Å². The van der Waals surface area contributed by atoms with Crippen molar-refractivity contribution in [2.24, 2.45) is 5.92 Å². The van der Waals surface area contributed by atoms with Crippen LogP contribution < -0.4 is 9.79 Å². The van der Waals surface area contributed by atoms with Crippen molar-refractivity contribution in [1.29, 1.82) is 0 Å². The summed E-state index contributed by atoms with van der Waals surface area (Å²) in [4.78, 5) is 20.4. The topological polar surface area (TPSA) is 72.4 Å². The van der Waals surface area contributed by atoms with Crippen LogP contribution in [0.25, 0.3) is 0 Å². The second kappa shape index (κ2) is 36.8. The molecule has 0 saturated carbocycles. The van der Waals surface area contributed by atoms with E-state index in [9.17, 15) is 14.4 Å². The third-order valence-corrected chi connectivity index (χ3v) is 20.5. The van der Waals surface area contributed by atoms with Crippen LogP contribution in [0.1, 0.15) is 198 Å². The van der Waals surface area contributed by atoms with Crippen LogP contribution in [0.2, 0.25) is 0 Å². The van der Waals surface area contributed by atoms with Crippen LogP contribution >= 0.6 is 22.3 Å². The maximum atomic E-state index is 10.2. The third-order valence-electron chi connectivity index (χ3n) is 9.90. The second-order valence-electron chi connectivity index (χ2n) is 14.5. The van der Waals surface area contributed by atoms with Gasteiger partial charge in [-0.25, -0.2) is 0 Å². The molecule has 0 aliphatic carbocycles. The highest BCUT2D eigenvalue weighted by atomic mass is 31.2. The smallest absolute Gasteiger partial charge is 0.0596 e. The summed E-state index contributed by atoms with van der Waals surface area (Å²) in [5.74, 6) is 0.191. The van der Waals surface area contributed by atoms with Crippen molar-refractivity contribution in [3.63, 3.8) is 0 Å². The molecule has 0 aromatic carbocycles. The van der Waals surface area contributed by atoms with E-state index in [0.717, 1.165) is 25.7 Å². The first-order valence-electron chi connectivity index (χ1n) is 20.8. The van der Waals surface area contributed by atoms with Gasteiger partial charge in [-0.2, -0.15) is 0 Å². The lowest BCUT2D eigenvalue weighted by molar-refractivity contribution is -0.342. The van der Waals surface area contributed by atoms with E-state index in [-0.39, 0.29) is 12.5 Å². The summed E-state index contributed by atoms with van der Waals surface area (Å²) in [6, 6.07) is 0. The molecular formula is C40H89O4P3. The fourth-order valence-corrected chi connectivity index (χ4v) is 17.4. The van der Waals surface area contributed by atoms with E-state index in [1.807, 2.05) is 6.92 Å². The normalized spacial score (nSPS) is 12.7. The van der Waals surface area contributed by atoms with E-state index in [0.29, 0.717) is 0 Å². The van der Waals surface area contributed by atoms with Gasteiger partial charge in [0.15, 0.2) is 0 Å². The predicted molar refractivity (Wildman–Crippen MR) is 219 cm³/mol. The first-order chi connectivity index (χ1) is 22.5. The molecule has 0 aromatic rings. The first-order valence-corrected chi connectivity index (χ1v) is 27.4. The van der Waals surface area contributed by atoms with Gasteiger partial charge in [-0.1, -0.05) is 140 Å². The molecule has 288 valence electrons. The molecule has 0 saturated heterocycles. The van der Waals surface area contributed by atoms with E-state index < -0.39 is 22.3 Å². The Bertz CT molecular complexity index is 544. The van der Waals surface area contributed by atoms with E-state index in [1.165, 1.54) is 103 Å². The quantitative estimate of drug-likeness (QED) is 0.0667. The summed E-state index contributed by atoms with van der Waals surface area (Å²) in [5, 5.41) is 0. The fraction of sp³-hybridized carbons (Fsp3) is 1.00. The zero-order chi connectivity index (χ0) is 36.3. The Kier molecular flexibility index (Phi) is 40.9. The highest BCUT2D eigenvalue weighted by Gasteiger charge is 2.35. The molecule has 0 N–H and O–H groups in total. The molecule has 1 unspecified atom stereocenters. The minimum Gasteiger partial charge on any atom is -0.790 e. The standard InChI is InChI=1S/2C16H36P.C8H19O4P/c2*1-5-9-13-17(14-10-6-2,15-11-7-3)16-12-8-4;1-3-5-6-8(4-2)7-12-13(9,10)11/h2*5-16H2,1-4H3;8H,3-7H2,1-2H3,(H2,9,10,11)/q2*+1;/p-2. The Hall–Kier alpha value is 0.970. The molecule has 7 heteroatoms. The maximum Gasteiger partial charge on any atom is 0.0596 e. The molecule has 0 aromatic heterocycles. The molecule has 0 aliphatic rings. The van der Waals surface area contributed by atoms with Crippen molar-refractivity contribution in [3.05, 3.63) is 0 Å². The zero-order valence-electron chi connectivity index (χ0n) is 34.1. The summed E-state index contributed by atoms with van der Waals surface area (Å²) in [6.07, 6.45) is 39.8. The molecule has 0 amide bonds. The van der Waals surface area contributed by atoms with Crippen LogP contribution in [0.15, 0.2) is 0 Å². The van der Waals surface area contributed by atoms with Gasteiger partial charge < -0.3 is 18.9 Å². The van der Waals surface area contributed by atoms with Crippen LogP contribution in [0, 0.1) is 5.92 Å². The highest BCUT2D eigenvalue weighted by Crippen LogP contribution is 2.62. The van der Waals surface area contributed by atoms with E-state index in [4.69, 9.17) is 0 Å². The molecule has 0 spiro atoms. The van der Waals surface area contributed by atoms with Crippen molar-refractivity contribution in [1.82, 2.24) is 0 Å². The summed E-state index contributed by atoms with van der Waals surface area (Å²) < 4.78 is 14.4. The van der Waals surface area contributed by atoms with Crippen molar-refractivity contribution in [2.75, 3.05) is 55.9 Å². The molecule has 47 heavy (non-hydrogen) atoms. The number of hydrogen-bond acceptors (Lipinski definition) is 4. The lowest BCUT2D eigenvalue weighted by Gasteiger charge is -2.30. The summed E-state index contributed by atoms with van der Waals surface area (Å²) in [5.41, 5.74) is 0. The minimum atomic E-state index is -4.76. The van der Waals surface area contributed by atoms with Crippen molar-refractivity contribution in [2.45, 2.75) is 198 Å². The molecule has 0 fully saturated rings. The number of rotatable bonds is 31. The third kappa shape index (κ3) is 33.9. The van der Waals surface area contributed by atoms with Gasteiger partial charge in [-0.15, -0.1) is 0 Å². The molecule has 0 bridgehead atoms. The monoisotopic (exact) mass is 727 g/mol. The maximum absolute atomic E-state index is 10.2. The van der Waals surface area contributed by atoms with E-state index in [2.05, 4.69) is 66.8 Å². The molecule has 0 aliphatic heterocycles. The largest absolute Gasteiger partial charge is 0.790 e. The Morgan fingerprint density at radius 1 is 0.447 bits per heavy atom. The number of unbranched alkanes of at least 4 members (excludes halogenated alkanes) is 9. The Morgan fingerprint density at radius 2 is 0.681 bits per heavy atom. The van der Waals surface area contributed by atoms with Crippen LogP contribution in [0.4, 0.5) is 0 Å². The summed E-state index contributed by atoms with van der Waals surface area (Å²) >= 11 is 0. The lowest BCUT2D eigenvalue weighted by Crippen LogP contribution is -2.19. The summed E-state index contributed by atoms with van der Waals surface area (Å²) in [6.45, 7) is 22.9. The molecule has 0 radical (unpaired) electrons. The van der Waals surface area contributed by atoms with E-state index >= 15 is 0 Å². The van der Waals surface area contributed by atoms with Crippen molar-refractivity contribution in [3.8, 4) is 0 Å². The predicted octanol–water partition coefficient (Wildman–Crippen LogP) is 13.5. The molecule has 0 heterocycles. The van der Waals surface area contributed by atoms with Gasteiger partial charge >= 0.3 is 0 Å². The van der Waals surface area contributed by atoms with Crippen molar-refractivity contribution >= 4 is 22.3 Å². The Balaban J connectivity index is -0.000000625. The van der Waals surface area contributed by atoms with Crippen LogP contribution in [0.3, 0.4) is 0 Å². The van der Waals surface area contributed by atoms with Crippen molar-refractivity contribution < 1.29 is 18.9 Å². The Labute approximate surface area is 299 Å². The van der Waals surface area contributed by atoms with Gasteiger partial charge in [0.05, 0.1) is 63.7 Å². The zero-order valence-corrected chi connectivity index (χ0v) is 36.7. The second-order valence-corrected chi connectivity index (χ2v) is 24.6. The minimum absolute atomic E-state index is 0.0424. The van der Waals surface area contributed by atoms with Crippen LogP contribution in [-0.2, 0) is 9.09 Å². The number of phosphoric acid groups is 1. The fourth-order valence-electron chi connectivity index (χ4n) is 6.38. The Morgan fingerprint density at radius 3 is 0.851 bits per heavy atom. The van der Waals surface area contributed by atoms with Gasteiger partial charge in [0.2, 0.25) is 0 Å². The molecule has 1 atom stereocenters. The highest BCUT2D eigenvalue weighted by molar-refractivity contribution is 7.76. The first kappa shape index (κ1) is 52.3. The van der Waals surface area contributed by atoms with E-state index in [1.54, 1.807) is 49.3 Å². The lowest BCUT2D eigenvalue weighted by atomic mass is 10.0. The van der Waals surface area contributed by atoms with Gasteiger partial charge in [-0.3, -0.25) is 0 Å². The SMILES string of the molecule is CCCCC(CC)COP(=O)([O-])[O-].CCCC[P+](CCCC)(CCCC)CCCC.CCCC[P+](CCCC)(CCCC)CCCC. The average molecular weight is 727 g/mol. The molecule has 4 nitrogen and oxygen atoms in total. The van der Waals surface area contributed by atoms with Gasteiger partial charge in [0.1, 0.15) is 0 Å². The van der Waals surface area contributed by atoms with Crippen LogP contribution in [-0.4, -0.2) is 55.9 Å². The number of phosphoric ester groups is 1. The van der Waals surface area contributed by atoms with Gasteiger partial charge in [-0.05, 0) is 63.7 Å².